The normalized spacial score (nSPS) is 14.8. The standard InChI is InChI=1S/C11H14BrF3OSi/c1-17(2,3)16-10(11(13,14)15)8-5-4-6-9(12)7-8/h4-7,10H,1-3H3. The molecule has 0 bridgehead atoms. The van der Waals surface area contributed by atoms with Crippen molar-refractivity contribution in [2.24, 2.45) is 0 Å². The molecule has 1 nitrogen and oxygen atoms in total. The van der Waals surface area contributed by atoms with Gasteiger partial charge < -0.3 is 4.43 Å². The summed E-state index contributed by atoms with van der Waals surface area (Å²) in [6.07, 6.45) is -6.23. The Bertz CT molecular complexity index is 387. The minimum absolute atomic E-state index is 0.134. The smallest absolute Gasteiger partial charge is 0.403 e. The van der Waals surface area contributed by atoms with Gasteiger partial charge in [-0.15, -0.1) is 0 Å². The van der Waals surface area contributed by atoms with Gasteiger partial charge in [0.15, 0.2) is 14.4 Å². The van der Waals surface area contributed by atoms with E-state index >= 15 is 0 Å². The maximum Gasteiger partial charge on any atom is 0.417 e. The maximum atomic E-state index is 12.9. The average molecular weight is 327 g/mol. The number of hydrogen-bond acceptors (Lipinski definition) is 1. The first kappa shape index (κ1) is 14.7. The molecule has 0 fully saturated rings. The largest absolute Gasteiger partial charge is 0.417 e. The Morgan fingerprint density at radius 1 is 1.24 bits per heavy atom. The molecule has 0 spiro atoms. The lowest BCUT2D eigenvalue weighted by atomic mass is 10.1. The second kappa shape index (κ2) is 5.12. The molecule has 1 unspecified atom stereocenters. The van der Waals surface area contributed by atoms with Crippen molar-refractivity contribution in [1.82, 2.24) is 0 Å². The van der Waals surface area contributed by atoms with Gasteiger partial charge in [0.2, 0.25) is 0 Å². The van der Waals surface area contributed by atoms with Crippen molar-refractivity contribution in [2.45, 2.75) is 31.9 Å². The first-order valence-electron chi connectivity index (χ1n) is 5.09. The fraction of sp³-hybridized carbons (Fsp3) is 0.455. The summed E-state index contributed by atoms with van der Waals surface area (Å²) in [5.74, 6) is 0. The summed E-state index contributed by atoms with van der Waals surface area (Å²) in [7, 11) is -2.27. The van der Waals surface area contributed by atoms with E-state index in [1.165, 1.54) is 12.1 Å². The molecule has 1 aromatic carbocycles. The molecule has 17 heavy (non-hydrogen) atoms. The van der Waals surface area contributed by atoms with Crippen LogP contribution in [0.3, 0.4) is 0 Å². The van der Waals surface area contributed by atoms with Crippen molar-refractivity contribution in [1.29, 1.82) is 0 Å². The molecule has 0 amide bonds. The third kappa shape index (κ3) is 4.81. The van der Waals surface area contributed by atoms with Gasteiger partial charge in [0.25, 0.3) is 0 Å². The molecule has 0 heterocycles. The van der Waals surface area contributed by atoms with E-state index in [4.69, 9.17) is 4.43 Å². The highest BCUT2D eigenvalue weighted by molar-refractivity contribution is 9.10. The van der Waals surface area contributed by atoms with Crippen LogP contribution in [0.15, 0.2) is 28.7 Å². The molecule has 0 aliphatic heterocycles. The minimum Gasteiger partial charge on any atom is -0.403 e. The Hall–Kier alpha value is -0.333. The molecule has 6 heteroatoms. The summed E-state index contributed by atoms with van der Waals surface area (Å²) in [5.41, 5.74) is 0.134. The van der Waals surface area contributed by atoms with E-state index in [0.29, 0.717) is 4.47 Å². The van der Waals surface area contributed by atoms with Crippen LogP contribution in [-0.2, 0) is 4.43 Å². The quantitative estimate of drug-likeness (QED) is 0.717. The van der Waals surface area contributed by atoms with Gasteiger partial charge in [0, 0.05) is 4.47 Å². The fourth-order valence-electron chi connectivity index (χ4n) is 1.35. The molecule has 1 rings (SSSR count). The molecule has 1 aromatic rings. The monoisotopic (exact) mass is 326 g/mol. The van der Waals surface area contributed by atoms with Crippen LogP contribution in [0.1, 0.15) is 11.7 Å². The summed E-state index contributed by atoms with van der Waals surface area (Å²) in [6.45, 7) is 5.22. The zero-order valence-corrected chi connectivity index (χ0v) is 12.4. The van der Waals surface area contributed by atoms with Gasteiger partial charge in [-0.1, -0.05) is 28.1 Å². The van der Waals surface area contributed by atoms with Gasteiger partial charge in [-0.05, 0) is 37.3 Å². The highest BCUT2D eigenvalue weighted by Crippen LogP contribution is 2.38. The highest BCUT2D eigenvalue weighted by Gasteiger charge is 2.44. The van der Waals surface area contributed by atoms with E-state index in [1.54, 1.807) is 31.8 Å². The Labute approximate surface area is 108 Å². The highest BCUT2D eigenvalue weighted by atomic mass is 79.9. The van der Waals surface area contributed by atoms with Gasteiger partial charge in [-0.25, -0.2) is 0 Å². The van der Waals surface area contributed by atoms with E-state index in [-0.39, 0.29) is 5.56 Å². The van der Waals surface area contributed by atoms with E-state index in [0.717, 1.165) is 0 Å². The fourth-order valence-corrected chi connectivity index (χ4v) is 2.74. The van der Waals surface area contributed by atoms with E-state index in [9.17, 15) is 13.2 Å². The number of benzene rings is 1. The Kier molecular flexibility index (Phi) is 4.43. The second-order valence-electron chi connectivity index (χ2n) is 4.71. The van der Waals surface area contributed by atoms with Crippen LogP contribution in [0.2, 0.25) is 19.6 Å². The van der Waals surface area contributed by atoms with Crippen LogP contribution in [0, 0.1) is 0 Å². The molecule has 96 valence electrons. The van der Waals surface area contributed by atoms with Gasteiger partial charge in [-0.2, -0.15) is 13.2 Å². The van der Waals surface area contributed by atoms with Crippen LogP contribution >= 0.6 is 15.9 Å². The summed E-state index contributed by atoms with van der Waals surface area (Å²) < 4.78 is 44.7. The Morgan fingerprint density at radius 3 is 2.24 bits per heavy atom. The molecule has 0 aliphatic carbocycles. The minimum atomic E-state index is -4.39. The lowest BCUT2D eigenvalue weighted by Crippen LogP contribution is -2.35. The SMILES string of the molecule is C[Si](C)(C)OC(c1cccc(Br)c1)C(F)(F)F. The second-order valence-corrected chi connectivity index (χ2v) is 10.1. The van der Waals surface area contributed by atoms with Crippen LogP contribution in [0.4, 0.5) is 13.2 Å². The van der Waals surface area contributed by atoms with Crippen molar-refractivity contribution < 1.29 is 17.6 Å². The third-order valence-corrected chi connectivity index (χ3v) is 3.36. The molecule has 0 saturated carbocycles. The summed E-state index contributed by atoms with van der Waals surface area (Å²) in [5, 5.41) is 0. The van der Waals surface area contributed by atoms with Crippen molar-refractivity contribution in [2.75, 3.05) is 0 Å². The Balaban J connectivity index is 3.07. The summed E-state index contributed by atoms with van der Waals surface area (Å²) in [6, 6.07) is 6.14. The van der Waals surface area contributed by atoms with E-state index < -0.39 is 20.6 Å². The molecule has 0 radical (unpaired) electrons. The number of hydrogen-bond donors (Lipinski definition) is 0. The first-order valence-corrected chi connectivity index (χ1v) is 9.30. The predicted molar refractivity (Wildman–Crippen MR) is 67.4 cm³/mol. The number of halogens is 4. The topological polar surface area (TPSA) is 9.23 Å². The number of rotatable bonds is 3. The van der Waals surface area contributed by atoms with Crippen molar-refractivity contribution in [3.8, 4) is 0 Å². The maximum absolute atomic E-state index is 12.9. The summed E-state index contributed by atoms with van der Waals surface area (Å²) in [4.78, 5) is 0. The molecule has 0 aliphatic rings. The lowest BCUT2D eigenvalue weighted by molar-refractivity contribution is -0.200. The van der Waals surface area contributed by atoms with Gasteiger partial charge >= 0.3 is 6.18 Å². The number of alkyl halides is 3. The Morgan fingerprint density at radius 2 is 1.82 bits per heavy atom. The molecule has 0 aromatic heterocycles. The molecule has 1 atom stereocenters. The van der Waals surface area contributed by atoms with Crippen molar-refractivity contribution >= 4 is 24.2 Å². The van der Waals surface area contributed by atoms with Gasteiger partial charge in [0.05, 0.1) is 0 Å². The van der Waals surface area contributed by atoms with Crippen LogP contribution in [-0.4, -0.2) is 14.5 Å². The predicted octanol–water partition coefficient (Wildman–Crippen LogP) is 4.90. The zero-order chi connectivity index (χ0) is 13.3. The van der Waals surface area contributed by atoms with Crippen molar-refractivity contribution in [3.63, 3.8) is 0 Å². The van der Waals surface area contributed by atoms with Crippen LogP contribution in [0.25, 0.3) is 0 Å². The van der Waals surface area contributed by atoms with Gasteiger partial charge in [-0.3, -0.25) is 0 Å². The first-order chi connectivity index (χ1) is 7.59. The third-order valence-electron chi connectivity index (χ3n) is 1.92. The van der Waals surface area contributed by atoms with E-state index in [2.05, 4.69) is 15.9 Å². The van der Waals surface area contributed by atoms with Gasteiger partial charge in [0.1, 0.15) is 0 Å². The van der Waals surface area contributed by atoms with E-state index in [1.807, 2.05) is 0 Å². The lowest BCUT2D eigenvalue weighted by Gasteiger charge is -2.28. The average Bonchev–Trinajstić information content (AvgIpc) is 2.11. The molecular weight excluding hydrogens is 313 g/mol. The van der Waals surface area contributed by atoms with Crippen molar-refractivity contribution in [3.05, 3.63) is 34.3 Å². The molecule has 0 saturated heterocycles. The van der Waals surface area contributed by atoms with Crippen LogP contribution in [0.5, 0.6) is 0 Å². The molecular formula is C11H14BrF3OSi. The summed E-state index contributed by atoms with van der Waals surface area (Å²) >= 11 is 3.17. The zero-order valence-electron chi connectivity index (χ0n) is 9.81. The van der Waals surface area contributed by atoms with Crippen LogP contribution < -0.4 is 0 Å². The molecule has 0 N–H and O–H groups in total.